The topological polar surface area (TPSA) is 51.9 Å². The maximum absolute atomic E-state index is 4.12. The van der Waals surface area contributed by atoms with Crippen LogP contribution in [0.1, 0.15) is 42.9 Å². The molecular weight excluding hydrogens is 331 g/mol. The number of hydrogen-bond donors (Lipinski definition) is 4. The van der Waals surface area contributed by atoms with Crippen LogP contribution in [-0.4, -0.2) is 17.6 Å². The van der Waals surface area contributed by atoms with Gasteiger partial charge >= 0.3 is 29.6 Å². The predicted molar refractivity (Wildman–Crippen MR) is 106 cm³/mol. The third-order valence-electron chi connectivity index (χ3n) is 4.64. The molecule has 1 aromatic carbocycles. The van der Waals surface area contributed by atoms with Crippen molar-refractivity contribution in [1.29, 1.82) is 0 Å². The average molecular weight is 360 g/mol. The van der Waals surface area contributed by atoms with Crippen LogP contribution in [0.25, 0.3) is 10.9 Å². The number of H-pyrrole nitrogens is 1. The van der Waals surface area contributed by atoms with Gasteiger partial charge in [0.15, 0.2) is 0 Å². The Kier molecular flexibility index (Phi) is 8.14. The van der Waals surface area contributed by atoms with Gasteiger partial charge in [-0.2, -0.15) is 0 Å². The zero-order chi connectivity index (χ0) is 17.6. The number of aromatic nitrogens is 1. The minimum absolute atomic E-state index is 0. The Morgan fingerprint density at radius 3 is 2.88 bits per heavy atom. The van der Waals surface area contributed by atoms with E-state index < -0.39 is 0 Å². The summed E-state index contributed by atoms with van der Waals surface area (Å²) in [6.45, 7) is 13.5. The minimum Gasteiger partial charge on any atom is -0.400 e. The standard InChI is InChI=1S/C21H29N4.Na/c1-4-22-11-5-6-15(2)24-16(3)23-14-20-13-19-12-18(17-7-8-17)9-10-21(19)25-20;/h4,9-10,12-13,15,17,22-25H,1-3,5-8,11,14H2;/q-1;+1. The molecule has 5 heteroatoms. The molecule has 1 atom stereocenters. The number of hydrogen-bond acceptors (Lipinski definition) is 3. The molecule has 3 rings (SSSR count). The van der Waals surface area contributed by atoms with Gasteiger partial charge in [0.1, 0.15) is 0 Å². The second-order valence-electron chi connectivity index (χ2n) is 6.89. The van der Waals surface area contributed by atoms with Gasteiger partial charge in [0.25, 0.3) is 0 Å². The van der Waals surface area contributed by atoms with Crippen LogP contribution >= 0.6 is 0 Å². The smallest absolute Gasteiger partial charge is 0.400 e. The summed E-state index contributed by atoms with van der Waals surface area (Å²) < 4.78 is 0. The third kappa shape index (κ3) is 6.11. The maximum Gasteiger partial charge on any atom is 1.00 e. The fourth-order valence-electron chi connectivity index (χ4n) is 3.10. The largest absolute Gasteiger partial charge is 1.00 e. The van der Waals surface area contributed by atoms with Crippen molar-refractivity contribution in [3.63, 3.8) is 0 Å². The molecule has 1 aliphatic rings. The summed E-state index contributed by atoms with van der Waals surface area (Å²) in [5, 5.41) is 11.0. The van der Waals surface area contributed by atoms with E-state index in [1.807, 2.05) is 0 Å². The maximum atomic E-state index is 4.12. The van der Waals surface area contributed by atoms with Crippen LogP contribution < -0.4 is 45.5 Å². The molecule has 0 spiro atoms. The van der Waals surface area contributed by atoms with Crippen molar-refractivity contribution in [1.82, 2.24) is 20.9 Å². The third-order valence-corrected chi connectivity index (χ3v) is 4.64. The van der Waals surface area contributed by atoms with Gasteiger partial charge in [0.2, 0.25) is 0 Å². The fourth-order valence-corrected chi connectivity index (χ4v) is 3.10. The average Bonchev–Trinajstić information content (AvgIpc) is 3.36. The normalized spacial score (nSPS) is 14.3. The summed E-state index contributed by atoms with van der Waals surface area (Å²) in [7, 11) is 0. The Morgan fingerprint density at radius 2 is 2.15 bits per heavy atom. The van der Waals surface area contributed by atoms with Crippen LogP contribution in [0.3, 0.4) is 0 Å². The van der Waals surface area contributed by atoms with Gasteiger partial charge in [0.05, 0.1) is 12.4 Å². The molecule has 1 fully saturated rings. The minimum atomic E-state index is 0. The van der Waals surface area contributed by atoms with Crippen LogP contribution in [0.5, 0.6) is 0 Å². The molecular formula is C21H29N4Na. The van der Waals surface area contributed by atoms with Crippen LogP contribution in [0.2, 0.25) is 0 Å². The molecule has 1 aromatic heterocycles. The molecule has 4 nitrogen and oxygen atoms in total. The molecule has 1 unspecified atom stereocenters. The Morgan fingerprint density at radius 1 is 1.35 bits per heavy atom. The fraction of sp³-hybridized carbons (Fsp3) is 0.381. The molecule has 0 saturated heterocycles. The molecule has 0 radical (unpaired) electrons. The van der Waals surface area contributed by atoms with Gasteiger partial charge < -0.3 is 27.9 Å². The Labute approximate surface area is 179 Å². The van der Waals surface area contributed by atoms with E-state index in [0.717, 1.165) is 37.7 Å². The SMILES string of the molecule is C=CNCCCC([CH2-])NC(=C)NCc1cc2cc(C3CC3)ccc2[nH]1.[Na+]. The first kappa shape index (κ1) is 20.9. The molecule has 2 aromatic rings. The van der Waals surface area contributed by atoms with Crippen LogP contribution in [0.15, 0.2) is 49.4 Å². The van der Waals surface area contributed by atoms with Gasteiger partial charge in [-0.3, -0.25) is 0 Å². The molecule has 134 valence electrons. The second-order valence-corrected chi connectivity index (χ2v) is 6.89. The van der Waals surface area contributed by atoms with Gasteiger partial charge in [0, 0.05) is 17.8 Å². The first-order valence-electron chi connectivity index (χ1n) is 9.14. The van der Waals surface area contributed by atoms with Crippen LogP contribution in [0.4, 0.5) is 0 Å². The zero-order valence-corrected chi connectivity index (χ0v) is 17.9. The van der Waals surface area contributed by atoms with Crippen molar-refractivity contribution in [2.75, 3.05) is 6.54 Å². The number of rotatable bonds is 11. The van der Waals surface area contributed by atoms with Gasteiger partial charge in [-0.25, -0.2) is 0 Å². The number of nitrogens with one attached hydrogen (secondary N) is 4. The predicted octanol–water partition coefficient (Wildman–Crippen LogP) is 0.916. The van der Waals surface area contributed by atoms with Crippen molar-refractivity contribution in [2.24, 2.45) is 0 Å². The van der Waals surface area contributed by atoms with Crippen molar-refractivity contribution in [2.45, 2.75) is 44.2 Å². The molecule has 4 N–H and O–H groups in total. The Balaban J connectivity index is 0.00000243. The van der Waals surface area contributed by atoms with Crippen molar-refractivity contribution >= 4 is 10.9 Å². The van der Waals surface area contributed by atoms with Crippen molar-refractivity contribution < 1.29 is 29.6 Å². The summed E-state index contributed by atoms with van der Waals surface area (Å²) in [6.07, 6.45) is 6.43. The Hall–Kier alpha value is -1.36. The second kappa shape index (κ2) is 10.1. The first-order valence-corrected chi connectivity index (χ1v) is 9.14. The summed E-state index contributed by atoms with van der Waals surface area (Å²) in [5.41, 5.74) is 3.84. The van der Waals surface area contributed by atoms with E-state index in [0.29, 0.717) is 0 Å². The number of aromatic amines is 1. The zero-order valence-electron chi connectivity index (χ0n) is 15.9. The Bertz CT molecular complexity index is 733. The van der Waals surface area contributed by atoms with E-state index in [1.54, 1.807) is 6.20 Å². The molecule has 1 heterocycles. The molecule has 1 aliphatic carbocycles. The van der Waals surface area contributed by atoms with Gasteiger partial charge in [-0.1, -0.05) is 31.7 Å². The molecule has 26 heavy (non-hydrogen) atoms. The van der Waals surface area contributed by atoms with Crippen molar-refractivity contribution in [3.8, 4) is 0 Å². The van der Waals surface area contributed by atoms with E-state index in [2.05, 4.69) is 65.3 Å². The number of benzene rings is 1. The van der Waals surface area contributed by atoms with E-state index >= 15 is 0 Å². The summed E-state index contributed by atoms with van der Waals surface area (Å²) in [4.78, 5) is 3.47. The quantitative estimate of drug-likeness (QED) is 0.274. The monoisotopic (exact) mass is 360 g/mol. The van der Waals surface area contributed by atoms with E-state index in [9.17, 15) is 0 Å². The molecule has 0 bridgehead atoms. The van der Waals surface area contributed by atoms with Crippen LogP contribution in [-0.2, 0) is 6.54 Å². The molecule has 1 saturated carbocycles. The molecule has 0 amide bonds. The summed E-state index contributed by atoms with van der Waals surface area (Å²) in [5.74, 6) is 1.61. The summed E-state index contributed by atoms with van der Waals surface area (Å²) >= 11 is 0. The van der Waals surface area contributed by atoms with Gasteiger partial charge in [-0.05, 0) is 60.5 Å². The van der Waals surface area contributed by atoms with Crippen LogP contribution in [0, 0.1) is 6.92 Å². The first-order chi connectivity index (χ1) is 12.2. The van der Waals surface area contributed by atoms with Crippen molar-refractivity contribution in [3.05, 3.63) is 67.6 Å². The summed E-state index contributed by atoms with van der Waals surface area (Å²) in [6, 6.07) is 9.15. The molecule has 0 aliphatic heterocycles. The van der Waals surface area contributed by atoms with Gasteiger partial charge in [-0.15, -0.1) is 0 Å². The van der Waals surface area contributed by atoms with E-state index in [4.69, 9.17) is 0 Å². The number of fused-ring (bicyclic) bond motifs is 1. The van der Waals surface area contributed by atoms with E-state index in [-0.39, 0.29) is 35.6 Å². The van der Waals surface area contributed by atoms with E-state index in [1.165, 1.54) is 35.0 Å².